The Morgan fingerprint density at radius 2 is 1.88 bits per heavy atom. The Morgan fingerprint density at radius 3 is 2.25 bits per heavy atom. The van der Waals surface area contributed by atoms with Crippen LogP contribution in [0.1, 0.15) is 5.56 Å². The van der Waals surface area contributed by atoms with Crippen molar-refractivity contribution in [3.05, 3.63) is 35.4 Å². The molecule has 0 unspecified atom stereocenters. The molecule has 0 fully saturated rings. The monoisotopic (exact) mass is 217 g/mol. The molecule has 0 aromatic heterocycles. The first-order chi connectivity index (χ1) is 7.54. The highest BCUT2D eigenvalue weighted by Crippen LogP contribution is 2.05. The molecule has 0 amide bonds. The molecule has 80 valence electrons. The molecular formula is C10H8BNO4. The van der Waals surface area contributed by atoms with Crippen molar-refractivity contribution in [1.82, 2.24) is 0 Å². The van der Waals surface area contributed by atoms with Crippen LogP contribution in [0, 0.1) is 11.3 Å². The van der Waals surface area contributed by atoms with Gasteiger partial charge in [-0.25, -0.2) is 4.79 Å². The summed E-state index contributed by atoms with van der Waals surface area (Å²) in [6, 6.07) is 7.42. The lowest BCUT2D eigenvalue weighted by molar-refractivity contribution is -0.132. The van der Waals surface area contributed by atoms with Crippen LogP contribution < -0.4 is 5.46 Å². The zero-order chi connectivity index (χ0) is 12.1. The first kappa shape index (κ1) is 12.0. The third-order valence-corrected chi connectivity index (χ3v) is 1.90. The molecular weight excluding hydrogens is 209 g/mol. The van der Waals surface area contributed by atoms with Gasteiger partial charge in [-0.05, 0) is 17.1 Å². The summed E-state index contributed by atoms with van der Waals surface area (Å²) in [4.78, 5) is 10.5. The molecule has 1 aromatic carbocycles. The predicted octanol–water partition coefficient (Wildman–Crippen LogP) is -0.642. The van der Waals surface area contributed by atoms with Crippen LogP contribution in [0.5, 0.6) is 0 Å². The molecule has 0 aliphatic carbocycles. The van der Waals surface area contributed by atoms with Crippen LogP contribution in [0.3, 0.4) is 0 Å². The second kappa shape index (κ2) is 5.12. The van der Waals surface area contributed by atoms with E-state index >= 15 is 0 Å². The van der Waals surface area contributed by atoms with E-state index in [0.29, 0.717) is 11.0 Å². The average molecular weight is 217 g/mol. The number of aliphatic carboxylic acids is 1. The van der Waals surface area contributed by atoms with Gasteiger partial charge >= 0.3 is 13.1 Å². The van der Waals surface area contributed by atoms with Crippen LogP contribution in [0.4, 0.5) is 0 Å². The van der Waals surface area contributed by atoms with Crippen LogP contribution in [0.25, 0.3) is 6.08 Å². The molecule has 0 heterocycles. The fourth-order valence-corrected chi connectivity index (χ4v) is 1.07. The maximum absolute atomic E-state index is 10.5. The summed E-state index contributed by atoms with van der Waals surface area (Å²) in [5.74, 6) is -1.30. The van der Waals surface area contributed by atoms with Crippen molar-refractivity contribution in [3.63, 3.8) is 0 Å². The number of rotatable bonds is 3. The molecule has 5 nitrogen and oxygen atoms in total. The fraction of sp³-hybridized carbons (Fsp3) is 0. The van der Waals surface area contributed by atoms with Crippen molar-refractivity contribution in [1.29, 1.82) is 5.26 Å². The SMILES string of the molecule is N#C/C(=C\c1ccc(B(O)O)cc1)C(=O)O. The molecule has 3 N–H and O–H groups in total. The minimum atomic E-state index is -1.56. The van der Waals surface area contributed by atoms with E-state index in [1.54, 1.807) is 6.07 Å². The summed E-state index contributed by atoms with van der Waals surface area (Å²) in [5, 5.41) is 34.8. The molecule has 1 aromatic rings. The Balaban J connectivity index is 3.00. The molecule has 0 spiro atoms. The molecule has 0 saturated heterocycles. The van der Waals surface area contributed by atoms with Crippen LogP contribution in [0.2, 0.25) is 0 Å². The number of carboxylic acids is 1. The van der Waals surface area contributed by atoms with E-state index in [1.807, 2.05) is 0 Å². The Hall–Kier alpha value is -2.10. The van der Waals surface area contributed by atoms with Gasteiger partial charge in [0, 0.05) is 0 Å². The van der Waals surface area contributed by atoms with Gasteiger partial charge in [0.2, 0.25) is 0 Å². The van der Waals surface area contributed by atoms with Gasteiger partial charge in [0.15, 0.2) is 0 Å². The lowest BCUT2D eigenvalue weighted by Crippen LogP contribution is -2.29. The maximum atomic E-state index is 10.5. The Kier molecular flexibility index (Phi) is 3.83. The highest BCUT2D eigenvalue weighted by molar-refractivity contribution is 6.58. The van der Waals surface area contributed by atoms with Gasteiger partial charge < -0.3 is 15.2 Å². The number of nitriles is 1. The lowest BCUT2D eigenvalue weighted by Gasteiger charge is -1.99. The summed E-state index contributed by atoms with van der Waals surface area (Å²) < 4.78 is 0. The molecule has 6 heteroatoms. The standard InChI is InChI=1S/C10H8BNO4/c12-6-8(10(13)14)5-7-1-3-9(4-2-7)11(15)16/h1-5,15-16H,(H,13,14)/b8-5+. The molecule has 0 saturated carbocycles. The zero-order valence-electron chi connectivity index (χ0n) is 8.16. The predicted molar refractivity (Wildman–Crippen MR) is 57.5 cm³/mol. The van der Waals surface area contributed by atoms with Crippen molar-refractivity contribution in [2.24, 2.45) is 0 Å². The zero-order valence-corrected chi connectivity index (χ0v) is 8.16. The van der Waals surface area contributed by atoms with Crippen LogP contribution >= 0.6 is 0 Å². The van der Waals surface area contributed by atoms with Crippen molar-refractivity contribution in [3.8, 4) is 6.07 Å². The van der Waals surface area contributed by atoms with Crippen molar-refractivity contribution < 1.29 is 19.9 Å². The first-order valence-electron chi connectivity index (χ1n) is 4.36. The minimum absolute atomic E-state index is 0.297. The second-order valence-electron chi connectivity index (χ2n) is 3.02. The summed E-state index contributed by atoms with van der Waals surface area (Å²) in [7, 11) is -1.56. The number of nitrogens with zero attached hydrogens (tertiary/aromatic N) is 1. The highest BCUT2D eigenvalue weighted by atomic mass is 16.4. The molecule has 0 aliphatic rings. The number of hydrogen-bond acceptors (Lipinski definition) is 4. The van der Waals surface area contributed by atoms with E-state index in [9.17, 15) is 4.79 Å². The largest absolute Gasteiger partial charge is 0.488 e. The van der Waals surface area contributed by atoms with Crippen LogP contribution in [-0.2, 0) is 4.79 Å². The van der Waals surface area contributed by atoms with Crippen LogP contribution in [-0.4, -0.2) is 28.2 Å². The number of hydrogen-bond donors (Lipinski definition) is 3. The van der Waals surface area contributed by atoms with E-state index in [2.05, 4.69) is 0 Å². The van der Waals surface area contributed by atoms with Gasteiger partial charge in [0.1, 0.15) is 11.6 Å². The number of benzene rings is 1. The number of carbonyl (C=O) groups is 1. The van der Waals surface area contributed by atoms with E-state index in [0.717, 1.165) is 0 Å². The topological polar surface area (TPSA) is 102 Å². The molecule has 0 radical (unpaired) electrons. The Bertz CT molecular complexity index is 459. The van der Waals surface area contributed by atoms with E-state index in [-0.39, 0.29) is 5.57 Å². The molecule has 0 atom stereocenters. The molecule has 16 heavy (non-hydrogen) atoms. The summed E-state index contributed by atoms with van der Waals surface area (Å²) in [5.41, 5.74) is 0.423. The van der Waals surface area contributed by atoms with E-state index < -0.39 is 13.1 Å². The maximum Gasteiger partial charge on any atom is 0.488 e. The summed E-state index contributed by atoms with van der Waals surface area (Å²) in [6.45, 7) is 0. The van der Waals surface area contributed by atoms with Gasteiger partial charge in [0.25, 0.3) is 0 Å². The first-order valence-corrected chi connectivity index (χ1v) is 4.36. The van der Waals surface area contributed by atoms with Crippen LogP contribution in [0.15, 0.2) is 29.8 Å². The van der Waals surface area contributed by atoms with E-state index in [1.165, 1.54) is 30.3 Å². The lowest BCUT2D eigenvalue weighted by atomic mass is 9.80. The van der Waals surface area contributed by atoms with E-state index in [4.69, 9.17) is 20.4 Å². The van der Waals surface area contributed by atoms with Crippen molar-refractivity contribution in [2.75, 3.05) is 0 Å². The Morgan fingerprint density at radius 1 is 1.31 bits per heavy atom. The van der Waals surface area contributed by atoms with Crippen molar-refractivity contribution >= 4 is 24.6 Å². The third-order valence-electron chi connectivity index (χ3n) is 1.90. The van der Waals surface area contributed by atoms with Gasteiger partial charge in [-0.15, -0.1) is 0 Å². The molecule has 0 aliphatic heterocycles. The molecule has 0 bridgehead atoms. The normalized spacial score (nSPS) is 10.7. The fourth-order valence-electron chi connectivity index (χ4n) is 1.07. The van der Waals surface area contributed by atoms with Gasteiger partial charge in [-0.3, -0.25) is 0 Å². The number of carboxylic acid groups (broad SMARTS) is 1. The van der Waals surface area contributed by atoms with Gasteiger partial charge in [-0.1, -0.05) is 24.3 Å². The van der Waals surface area contributed by atoms with Gasteiger partial charge in [0.05, 0.1) is 0 Å². The highest BCUT2D eigenvalue weighted by Gasteiger charge is 2.10. The summed E-state index contributed by atoms with van der Waals surface area (Å²) >= 11 is 0. The minimum Gasteiger partial charge on any atom is -0.477 e. The quantitative estimate of drug-likeness (QED) is 0.355. The Labute approximate surface area is 92.0 Å². The van der Waals surface area contributed by atoms with Gasteiger partial charge in [-0.2, -0.15) is 5.26 Å². The van der Waals surface area contributed by atoms with Crippen molar-refractivity contribution in [2.45, 2.75) is 0 Å². The second-order valence-corrected chi connectivity index (χ2v) is 3.02. The summed E-state index contributed by atoms with van der Waals surface area (Å²) in [6.07, 6.45) is 1.20. The third kappa shape index (κ3) is 2.95. The molecule has 1 rings (SSSR count). The average Bonchev–Trinajstić information content (AvgIpc) is 2.26. The smallest absolute Gasteiger partial charge is 0.477 e.